The van der Waals surface area contributed by atoms with E-state index in [9.17, 15) is 4.79 Å². The second-order valence-electron chi connectivity index (χ2n) is 4.88. The Labute approximate surface area is 123 Å². The number of nitrogens with zero attached hydrogens (tertiary/aromatic N) is 2. The second kappa shape index (κ2) is 7.44. The van der Waals surface area contributed by atoms with E-state index < -0.39 is 6.10 Å². The van der Waals surface area contributed by atoms with Gasteiger partial charge >= 0.3 is 6.03 Å². The molecule has 0 spiro atoms. The largest absolute Gasteiger partial charge is 0.393 e. The van der Waals surface area contributed by atoms with Gasteiger partial charge < -0.3 is 20.3 Å². The Hall–Kier alpha value is -2.34. The van der Waals surface area contributed by atoms with Crippen LogP contribution in [0.4, 0.5) is 4.79 Å². The average Bonchev–Trinajstić information content (AvgIpc) is 2.99. The SMILES string of the molecule is CC(O)CCNC(=O)NCc1ccc(-n2ccnc2)cc1. The molecule has 1 atom stereocenters. The fourth-order valence-electron chi connectivity index (χ4n) is 1.84. The van der Waals surface area contributed by atoms with Crippen LogP contribution in [-0.4, -0.2) is 33.3 Å². The number of imidazole rings is 1. The zero-order chi connectivity index (χ0) is 15.1. The van der Waals surface area contributed by atoms with Crippen LogP contribution < -0.4 is 10.6 Å². The van der Waals surface area contributed by atoms with Crippen LogP contribution in [0.25, 0.3) is 5.69 Å². The number of nitrogens with one attached hydrogen (secondary N) is 2. The van der Waals surface area contributed by atoms with Crippen molar-refractivity contribution < 1.29 is 9.90 Å². The van der Waals surface area contributed by atoms with E-state index >= 15 is 0 Å². The highest BCUT2D eigenvalue weighted by atomic mass is 16.3. The second-order valence-corrected chi connectivity index (χ2v) is 4.88. The van der Waals surface area contributed by atoms with Crippen molar-refractivity contribution in [2.75, 3.05) is 6.54 Å². The van der Waals surface area contributed by atoms with Crippen LogP contribution in [-0.2, 0) is 6.54 Å². The topological polar surface area (TPSA) is 79.2 Å². The van der Waals surface area contributed by atoms with Gasteiger partial charge in [-0.2, -0.15) is 0 Å². The van der Waals surface area contributed by atoms with Crippen LogP contribution in [0.1, 0.15) is 18.9 Å². The van der Waals surface area contributed by atoms with Gasteiger partial charge in [-0.3, -0.25) is 0 Å². The number of benzene rings is 1. The summed E-state index contributed by atoms with van der Waals surface area (Å²) >= 11 is 0. The molecular weight excluding hydrogens is 268 g/mol. The molecule has 112 valence electrons. The smallest absolute Gasteiger partial charge is 0.315 e. The highest BCUT2D eigenvalue weighted by molar-refractivity contribution is 5.73. The number of carbonyl (C=O) groups is 1. The minimum atomic E-state index is -0.402. The number of rotatable bonds is 6. The molecule has 2 rings (SSSR count). The lowest BCUT2D eigenvalue weighted by atomic mass is 10.2. The first-order valence-corrected chi connectivity index (χ1v) is 6.92. The number of aliphatic hydroxyl groups is 1. The molecule has 0 saturated carbocycles. The Bertz CT molecular complexity index is 550. The third kappa shape index (κ3) is 4.92. The van der Waals surface area contributed by atoms with Crippen molar-refractivity contribution in [2.24, 2.45) is 0 Å². The molecule has 0 aliphatic carbocycles. The summed E-state index contributed by atoms with van der Waals surface area (Å²) in [6.45, 7) is 2.62. The molecule has 2 amide bonds. The van der Waals surface area contributed by atoms with Crippen molar-refractivity contribution in [3.63, 3.8) is 0 Å². The molecule has 6 nitrogen and oxygen atoms in total. The number of aromatic nitrogens is 2. The van der Waals surface area contributed by atoms with Crippen LogP contribution in [0.5, 0.6) is 0 Å². The summed E-state index contributed by atoms with van der Waals surface area (Å²) in [6, 6.07) is 7.65. The maximum Gasteiger partial charge on any atom is 0.315 e. The third-order valence-electron chi connectivity index (χ3n) is 3.04. The molecule has 2 aromatic rings. The zero-order valence-electron chi connectivity index (χ0n) is 12.0. The molecule has 3 N–H and O–H groups in total. The zero-order valence-corrected chi connectivity index (χ0v) is 12.0. The Kier molecular flexibility index (Phi) is 5.34. The number of hydrogen-bond donors (Lipinski definition) is 3. The Morgan fingerprint density at radius 1 is 1.33 bits per heavy atom. The highest BCUT2D eigenvalue weighted by Crippen LogP contribution is 2.08. The van der Waals surface area contributed by atoms with Gasteiger partial charge in [-0.25, -0.2) is 9.78 Å². The van der Waals surface area contributed by atoms with E-state index in [0.717, 1.165) is 11.3 Å². The van der Waals surface area contributed by atoms with Crippen LogP contribution in [0, 0.1) is 0 Å². The first-order chi connectivity index (χ1) is 10.1. The first kappa shape index (κ1) is 15.1. The molecule has 0 aliphatic rings. The van der Waals surface area contributed by atoms with Gasteiger partial charge in [-0.1, -0.05) is 12.1 Å². The number of carbonyl (C=O) groups excluding carboxylic acids is 1. The summed E-state index contributed by atoms with van der Waals surface area (Å²) in [5.74, 6) is 0. The van der Waals surface area contributed by atoms with E-state index in [0.29, 0.717) is 19.5 Å². The number of aliphatic hydroxyl groups excluding tert-OH is 1. The lowest BCUT2D eigenvalue weighted by Crippen LogP contribution is -2.36. The fourth-order valence-corrected chi connectivity index (χ4v) is 1.84. The Balaban J connectivity index is 1.77. The van der Waals surface area contributed by atoms with Crippen molar-refractivity contribution in [1.29, 1.82) is 0 Å². The van der Waals surface area contributed by atoms with Gasteiger partial charge in [0.05, 0.1) is 12.4 Å². The van der Waals surface area contributed by atoms with Crippen LogP contribution in [0.3, 0.4) is 0 Å². The van der Waals surface area contributed by atoms with E-state index in [2.05, 4.69) is 15.6 Å². The average molecular weight is 288 g/mol. The molecule has 0 fully saturated rings. The molecule has 0 bridgehead atoms. The summed E-state index contributed by atoms with van der Waals surface area (Å²) in [5, 5.41) is 14.6. The highest BCUT2D eigenvalue weighted by Gasteiger charge is 2.02. The number of urea groups is 1. The van der Waals surface area contributed by atoms with Gasteiger partial charge in [-0.15, -0.1) is 0 Å². The summed E-state index contributed by atoms with van der Waals surface area (Å²) in [5.41, 5.74) is 2.04. The van der Waals surface area contributed by atoms with Gasteiger partial charge in [0, 0.05) is 31.2 Å². The molecule has 1 unspecified atom stereocenters. The van der Waals surface area contributed by atoms with E-state index in [1.54, 1.807) is 19.4 Å². The first-order valence-electron chi connectivity index (χ1n) is 6.92. The molecule has 1 heterocycles. The van der Waals surface area contributed by atoms with Crippen LogP contribution >= 0.6 is 0 Å². The van der Waals surface area contributed by atoms with E-state index in [1.165, 1.54) is 0 Å². The van der Waals surface area contributed by atoms with Gasteiger partial charge in [0.15, 0.2) is 0 Å². The van der Waals surface area contributed by atoms with Crippen molar-refractivity contribution in [1.82, 2.24) is 20.2 Å². The predicted molar refractivity (Wildman–Crippen MR) is 80.1 cm³/mol. The van der Waals surface area contributed by atoms with Crippen LogP contribution in [0.15, 0.2) is 43.0 Å². The molecule has 0 saturated heterocycles. The standard InChI is InChI=1S/C15H20N4O2/c1-12(20)6-7-17-15(21)18-10-13-2-4-14(5-3-13)19-9-8-16-11-19/h2-5,8-9,11-12,20H,6-7,10H2,1H3,(H2,17,18,21). The lowest BCUT2D eigenvalue weighted by molar-refractivity contribution is 0.183. The van der Waals surface area contributed by atoms with E-state index in [1.807, 2.05) is 35.0 Å². The van der Waals surface area contributed by atoms with Gasteiger partial charge in [0.1, 0.15) is 0 Å². The summed E-state index contributed by atoms with van der Waals surface area (Å²) in [4.78, 5) is 15.5. The summed E-state index contributed by atoms with van der Waals surface area (Å²) < 4.78 is 1.92. The Morgan fingerprint density at radius 2 is 2.10 bits per heavy atom. The predicted octanol–water partition coefficient (Wildman–Crippen LogP) is 1.44. The molecule has 0 aliphatic heterocycles. The molecule has 0 radical (unpaired) electrons. The maximum absolute atomic E-state index is 11.5. The quantitative estimate of drug-likeness (QED) is 0.752. The van der Waals surface area contributed by atoms with E-state index in [-0.39, 0.29) is 6.03 Å². The van der Waals surface area contributed by atoms with Crippen molar-refractivity contribution >= 4 is 6.03 Å². The number of hydrogen-bond acceptors (Lipinski definition) is 3. The van der Waals surface area contributed by atoms with E-state index in [4.69, 9.17) is 5.11 Å². The van der Waals surface area contributed by atoms with Crippen molar-refractivity contribution in [3.8, 4) is 5.69 Å². The normalized spacial score (nSPS) is 11.9. The summed E-state index contributed by atoms with van der Waals surface area (Å²) in [7, 11) is 0. The lowest BCUT2D eigenvalue weighted by Gasteiger charge is -2.09. The Morgan fingerprint density at radius 3 is 2.71 bits per heavy atom. The maximum atomic E-state index is 11.5. The van der Waals surface area contributed by atoms with Crippen LogP contribution in [0.2, 0.25) is 0 Å². The fraction of sp³-hybridized carbons (Fsp3) is 0.333. The summed E-state index contributed by atoms with van der Waals surface area (Å²) in [6.07, 6.45) is 5.49. The van der Waals surface area contributed by atoms with Crippen molar-refractivity contribution in [2.45, 2.75) is 26.0 Å². The van der Waals surface area contributed by atoms with Gasteiger partial charge in [0.25, 0.3) is 0 Å². The minimum absolute atomic E-state index is 0.227. The molecule has 6 heteroatoms. The minimum Gasteiger partial charge on any atom is -0.393 e. The number of amides is 2. The van der Waals surface area contributed by atoms with Gasteiger partial charge in [-0.05, 0) is 31.0 Å². The monoisotopic (exact) mass is 288 g/mol. The molecule has 1 aromatic carbocycles. The molecule has 1 aromatic heterocycles. The molecule has 21 heavy (non-hydrogen) atoms. The van der Waals surface area contributed by atoms with Gasteiger partial charge in [0.2, 0.25) is 0 Å². The third-order valence-corrected chi connectivity index (χ3v) is 3.04. The van der Waals surface area contributed by atoms with Crippen molar-refractivity contribution in [3.05, 3.63) is 48.5 Å². The molecular formula is C15H20N4O2.